The number of hydrogen-bond donors (Lipinski definition) is 1. The van der Waals surface area contributed by atoms with Gasteiger partial charge in [0.05, 0.1) is 11.7 Å². The normalized spacial score (nSPS) is 13.2. The van der Waals surface area contributed by atoms with Crippen LogP contribution >= 0.6 is 11.6 Å². The van der Waals surface area contributed by atoms with Gasteiger partial charge in [-0.2, -0.15) is 13.2 Å². The SMILES string of the molecule is OC(Cc1ccccc1Cl)c1ccccc1C(F)(F)F. The van der Waals surface area contributed by atoms with Gasteiger partial charge in [0.1, 0.15) is 0 Å². The smallest absolute Gasteiger partial charge is 0.388 e. The van der Waals surface area contributed by atoms with Crippen LogP contribution in [0.25, 0.3) is 0 Å². The van der Waals surface area contributed by atoms with Crippen molar-refractivity contribution in [3.63, 3.8) is 0 Å². The summed E-state index contributed by atoms with van der Waals surface area (Å²) in [5.41, 5.74) is -0.349. The summed E-state index contributed by atoms with van der Waals surface area (Å²) < 4.78 is 38.7. The molecule has 0 aliphatic heterocycles. The van der Waals surface area contributed by atoms with E-state index in [4.69, 9.17) is 11.6 Å². The van der Waals surface area contributed by atoms with Crippen LogP contribution in [0.2, 0.25) is 5.02 Å². The summed E-state index contributed by atoms with van der Waals surface area (Å²) in [6, 6.07) is 11.8. The number of halogens is 4. The predicted octanol–water partition coefficient (Wildman–Crippen LogP) is 4.63. The van der Waals surface area contributed by atoms with Gasteiger partial charge in [0.25, 0.3) is 0 Å². The monoisotopic (exact) mass is 300 g/mol. The number of benzene rings is 2. The van der Waals surface area contributed by atoms with Crippen molar-refractivity contribution in [2.24, 2.45) is 0 Å². The van der Waals surface area contributed by atoms with Crippen molar-refractivity contribution in [3.8, 4) is 0 Å². The zero-order valence-electron chi connectivity index (χ0n) is 10.4. The number of rotatable bonds is 3. The summed E-state index contributed by atoms with van der Waals surface area (Å²) >= 11 is 5.95. The number of aliphatic hydroxyl groups excluding tert-OH is 1. The van der Waals surface area contributed by atoms with Crippen LogP contribution in [0.5, 0.6) is 0 Å². The standard InChI is InChI=1S/C15H12ClF3O/c16-13-8-4-1-5-10(13)9-14(20)11-6-2-3-7-12(11)15(17,18)19/h1-8,14,20H,9H2. The lowest BCUT2D eigenvalue weighted by molar-refractivity contribution is -0.139. The van der Waals surface area contributed by atoms with Crippen LogP contribution < -0.4 is 0 Å². The third-order valence-electron chi connectivity index (χ3n) is 3.00. The first kappa shape index (κ1) is 14.9. The van der Waals surface area contributed by atoms with Gasteiger partial charge in [-0.3, -0.25) is 0 Å². The first-order valence-corrected chi connectivity index (χ1v) is 6.35. The average Bonchev–Trinajstić information content (AvgIpc) is 2.40. The highest BCUT2D eigenvalue weighted by Gasteiger charge is 2.34. The molecular formula is C15H12ClF3O. The lowest BCUT2D eigenvalue weighted by Crippen LogP contribution is -2.13. The van der Waals surface area contributed by atoms with Crippen molar-refractivity contribution in [1.82, 2.24) is 0 Å². The van der Waals surface area contributed by atoms with Gasteiger partial charge in [0, 0.05) is 11.4 Å². The van der Waals surface area contributed by atoms with Crippen LogP contribution in [0.15, 0.2) is 48.5 Å². The highest BCUT2D eigenvalue weighted by molar-refractivity contribution is 6.31. The van der Waals surface area contributed by atoms with E-state index in [0.29, 0.717) is 10.6 Å². The van der Waals surface area contributed by atoms with E-state index in [1.165, 1.54) is 18.2 Å². The Morgan fingerprint density at radius 3 is 2.25 bits per heavy atom. The van der Waals surface area contributed by atoms with Crippen molar-refractivity contribution < 1.29 is 18.3 Å². The van der Waals surface area contributed by atoms with Gasteiger partial charge in [-0.1, -0.05) is 48.0 Å². The van der Waals surface area contributed by atoms with Crippen molar-refractivity contribution in [1.29, 1.82) is 0 Å². The molecule has 1 N–H and O–H groups in total. The van der Waals surface area contributed by atoms with E-state index >= 15 is 0 Å². The van der Waals surface area contributed by atoms with Crippen LogP contribution in [-0.4, -0.2) is 5.11 Å². The van der Waals surface area contributed by atoms with Crippen LogP contribution in [-0.2, 0) is 12.6 Å². The van der Waals surface area contributed by atoms with Gasteiger partial charge in [-0.25, -0.2) is 0 Å². The first-order chi connectivity index (χ1) is 9.39. The molecular weight excluding hydrogens is 289 g/mol. The first-order valence-electron chi connectivity index (χ1n) is 5.97. The molecule has 5 heteroatoms. The Morgan fingerprint density at radius 1 is 1.00 bits per heavy atom. The highest BCUT2D eigenvalue weighted by atomic mass is 35.5. The molecule has 0 fully saturated rings. The Morgan fingerprint density at radius 2 is 1.60 bits per heavy atom. The predicted molar refractivity (Wildman–Crippen MR) is 71.6 cm³/mol. The molecule has 0 radical (unpaired) electrons. The summed E-state index contributed by atoms with van der Waals surface area (Å²) in [6.45, 7) is 0. The molecule has 106 valence electrons. The lowest BCUT2D eigenvalue weighted by atomic mass is 9.97. The second-order valence-electron chi connectivity index (χ2n) is 4.40. The zero-order chi connectivity index (χ0) is 14.8. The summed E-state index contributed by atoms with van der Waals surface area (Å²) in [6.07, 6.45) is -5.71. The minimum atomic E-state index is -4.49. The molecule has 0 aliphatic carbocycles. The largest absolute Gasteiger partial charge is 0.416 e. The highest BCUT2D eigenvalue weighted by Crippen LogP contribution is 2.35. The van der Waals surface area contributed by atoms with E-state index in [0.717, 1.165) is 6.07 Å². The van der Waals surface area contributed by atoms with Crippen LogP contribution in [0.1, 0.15) is 22.8 Å². The molecule has 1 unspecified atom stereocenters. The van der Waals surface area contributed by atoms with Gasteiger partial charge in [0.2, 0.25) is 0 Å². The third kappa shape index (κ3) is 3.32. The fourth-order valence-corrected chi connectivity index (χ4v) is 2.24. The van der Waals surface area contributed by atoms with E-state index in [1.54, 1.807) is 24.3 Å². The molecule has 2 aromatic rings. The van der Waals surface area contributed by atoms with E-state index in [1.807, 2.05) is 0 Å². The van der Waals surface area contributed by atoms with Crippen molar-refractivity contribution in [3.05, 3.63) is 70.2 Å². The molecule has 0 aliphatic rings. The molecule has 0 saturated heterocycles. The molecule has 1 nitrogen and oxygen atoms in total. The Balaban J connectivity index is 2.31. The van der Waals surface area contributed by atoms with E-state index in [-0.39, 0.29) is 12.0 Å². The van der Waals surface area contributed by atoms with Gasteiger partial charge in [-0.05, 0) is 23.3 Å². The minimum absolute atomic E-state index is 0.0345. The topological polar surface area (TPSA) is 20.2 Å². The Bertz CT molecular complexity index is 596. The zero-order valence-corrected chi connectivity index (χ0v) is 11.1. The van der Waals surface area contributed by atoms with Gasteiger partial charge >= 0.3 is 6.18 Å². The molecule has 0 amide bonds. The Kier molecular flexibility index (Phi) is 4.35. The fraction of sp³-hybridized carbons (Fsp3) is 0.200. The summed E-state index contributed by atoms with van der Waals surface area (Å²) in [5.74, 6) is 0. The van der Waals surface area contributed by atoms with Crippen molar-refractivity contribution in [2.75, 3.05) is 0 Å². The quantitative estimate of drug-likeness (QED) is 0.876. The number of hydrogen-bond acceptors (Lipinski definition) is 1. The Hall–Kier alpha value is -1.52. The maximum absolute atomic E-state index is 12.9. The lowest BCUT2D eigenvalue weighted by Gasteiger charge is -2.18. The maximum Gasteiger partial charge on any atom is 0.416 e. The van der Waals surface area contributed by atoms with Gasteiger partial charge < -0.3 is 5.11 Å². The molecule has 2 aromatic carbocycles. The van der Waals surface area contributed by atoms with E-state index in [2.05, 4.69) is 0 Å². The Labute approximate surface area is 119 Å². The number of alkyl halides is 3. The van der Waals surface area contributed by atoms with Crippen LogP contribution in [0.3, 0.4) is 0 Å². The van der Waals surface area contributed by atoms with Crippen molar-refractivity contribution in [2.45, 2.75) is 18.7 Å². The van der Waals surface area contributed by atoms with Crippen LogP contribution in [0, 0.1) is 0 Å². The number of aliphatic hydroxyl groups is 1. The molecule has 0 aromatic heterocycles. The average molecular weight is 301 g/mol. The fourth-order valence-electron chi connectivity index (χ4n) is 2.03. The summed E-state index contributed by atoms with van der Waals surface area (Å²) in [4.78, 5) is 0. The minimum Gasteiger partial charge on any atom is -0.388 e. The van der Waals surface area contributed by atoms with Gasteiger partial charge in [-0.15, -0.1) is 0 Å². The molecule has 0 heterocycles. The van der Waals surface area contributed by atoms with Gasteiger partial charge in [0.15, 0.2) is 0 Å². The van der Waals surface area contributed by atoms with Crippen molar-refractivity contribution >= 4 is 11.6 Å². The maximum atomic E-state index is 12.9. The molecule has 2 rings (SSSR count). The third-order valence-corrected chi connectivity index (χ3v) is 3.37. The molecule has 0 spiro atoms. The second kappa shape index (κ2) is 5.85. The molecule has 0 bridgehead atoms. The van der Waals surface area contributed by atoms with Crippen LogP contribution in [0.4, 0.5) is 13.2 Å². The summed E-state index contributed by atoms with van der Waals surface area (Å²) in [7, 11) is 0. The molecule has 0 saturated carbocycles. The summed E-state index contributed by atoms with van der Waals surface area (Å²) in [5, 5.41) is 10.5. The van der Waals surface area contributed by atoms with E-state index < -0.39 is 17.8 Å². The molecule has 20 heavy (non-hydrogen) atoms. The van der Waals surface area contributed by atoms with E-state index in [9.17, 15) is 18.3 Å². The molecule has 1 atom stereocenters. The second-order valence-corrected chi connectivity index (χ2v) is 4.80.